The molecule has 1 fully saturated rings. The average molecular weight is 278 g/mol. The lowest BCUT2D eigenvalue weighted by Gasteiger charge is -2.39. The molecule has 1 saturated heterocycles. The molecule has 1 N–H and O–H groups in total. The van der Waals surface area contributed by atoms with E-state index in [4.69, 9.17) is 4.74 Å². The van der Waals surface area contributed by atoms with Crippen molar-refractivity contribution in [2.75, 3.05) is 51.3 Å². The summed E-state index contributed by atoms with van der Waals surface area (Å²) in [5.41, 5.74) is 1.16. The summed E-state index contributed by atoms with van der Waals surface area (Å²) in [7, 11) is 1.72. The van der Waals surface area contributed by atoms with Crippen LogP contribution in [0.5, 0.6) is 5.75 Å². The highest BCUT2D eigenvalue weighted by atomic mass is 16.5. The Bertz CT molecular complexity index is 426. The molecule has 0 aromatic heterocycles. The predicted molar refractivity (Wildman–Crippen MR) is 82.5 cm³/mol. The van der Waals surface area contributed by atoms with Gasteiger partial charge in [-0.1, -0.05) is 26.0 Å². The molecule has 1 aromatic rings. The molecule has 4 heteroatoms. The topological polar surface area (TPSA) is 35.9 Å². The van der Waals surface area contributed by atoms with Crippen LogP contribution in [0.1, 0.15) is 13.8 Å². The van der Waals surface area contributed by atoms with E-state index in [1.54, 1.807) is 7.11 Å². The Morgan fingerprint density at radius 2 is 1.80 bits per heavy atom. The number of piperazine rings is 1. The summed E-state index contributed by atoms with van der Waals surface area (Å²) in [5.74, 6) is 0.941. The Balaban J connectivity index is 1.94. The molecule has 1 aliphatic rings. The van der Waals surface area contributed by atoms with Crippen LogP contribution >= 0.6 is 0 Å². The van der Waals surface area contributed by atoms with Crippen LogP contribution in [-0.4, -0.2) is 56.4 Å². The van der Waals surface area contributed by atoms with Crippen LogP contribution < -0.4 is 9.64 Å². The number of aliphatic hydroxyl groups excluding tert-OH is 1. The van der Waals surface area contributed by atoms with Gasteiger partial charge < -0.3 is 14.7 Å². The van der Waals surface area contributed by atoms with Gasteiger partial charge in [0.2, 0.25) is 0 Å². The molecule has 0 amide bonds. The number of methoxy groups -OCH3 is 1. The number of aliphatic hydroxyl groups is 1. The fourth-order valence-electron chi connectivity index (χ4n) is 2.69. The molecule has 0 atom stereocenters. The van der Waals surface area contributed by atoms with Gasteiger partial charge in [0.15, 0.2) is 0 Å². The van der Waals surface area contributed by atoms with E-state index in [-0.39, 0.29) is 12.0 Å². The lowest BCUT2D eigenvalue weighted by molar-refractivity contribution is 0.0995. The van der Waals surface area contributed by atoms with Crippen molar-refractivity contribution in [3.63, 3.8) is 0 Å². The number of nitrogens with zero attached hydrogens (tertiary/aromatic N) is 2. The minimum Gasteiger partial charge on any atom is -0.495 e. The molecule has 0 saturated carbocycles. The minimum absolute atomic E-state index is 0.0212. The van der Waals surface area contributed by atoms with Gasteiger partial charge in [-0.3, -0.25) is 4.90 Å². The largest absolute Gasteiger partial charge is 0.495 e. The predicted octanol–water partition coefficient (Wildman–Crippen LogP) is 1.84. The van der Waals surface area contributed by atoms with Gasteiger partial charge in [0, 0.05) is 44.7 Å². The molecule has 1 aliphatic heterocycles. The first kappa shape index (κ1) is 15.1. The second-order valence-corrected chi connectivity index (χ2v) is 6.26. The Morgan fingerprint density at radius 1 is 1.15 bits per heavy atom. The fraction of sp³-hybridized carbons (Fsp3) is 0.625. The monoisotopic (exact) mass is 278 g/mol. The number of rotatable bonds is 5. The number of para-hydroxylation sites is 2. The number of benzene rings is 1. The molecule has 2 rings (SSSR count). The number of hydrogen-bond donors (Lipinski definition) is 1. The first-order valence-electron chi connectivity index (χ1n) is 7.27. The normalized spacial score (nSPS) is 17.3. The van der Waals surface area contributed by atoms with Gasteiger partial charge in [0.1, 0.15) is 5.75 Å². The summed E-state index contributed by atoms with van der Waals surface area (Å²) in [4.78, 5) is 4.81. The zero-order valence-corrected chi connectivity index (χ0v) is 12.8. The summed E-state index contributed by atoms with van der Waals surface area (Å²) in [6, 6.07) is 8.18. The maximum Gasteiger partial charge on any atom is 0.142 e. The second kappa shape index (κ2) is 6.46. The van der Waals surface area contributed by atoms with Crippen LogP contribution in [0.4, 0.5) is 5.69 Å². The molecule has 0 radical (unpaired) electrons. The van der Waals surface area contributed by atoms with E-state index in [0.29, 0.717) is 0 Å². The Hall–Kier alpha value is -1.26. The standard InChI is InChI=1S/C16H26N2O2/c1-16(2,13-19)12-17-8-10-18(11-9-17)14-6-4-5-7-15(14)20-3/h4-7,19H,8-13H2,1-3H3. The van der Waals surface area contributed by atoms with Crippen molar-refractivity contribution in [3.05, 3.63) is 24.3 Å². The van der Waals surface area contributed by atoms with Crippen LogP contribution in [0.2, 0.25) is 0 Å². The molecular weight excluding hydrogens is 252 g/mol. The summed E-state index contributed by atoms with van der Waals surface area (Å²) in [6.07, 6.45) is 0. The van der Waals surface area contributed by atoms with E-state index in [2.05, 4.69) is 35.8 Å². The van der Waals surface area contributed by atoms with Crippen molar-refractivity contribution in [3.8, 4) is 5.75 Å². The third-order valence-electron chi connectivity index (χ3n) is 3.88. The third-order valence-corrected chi connectivity index (χ3v) is 3.88. The number of hydrogen-bond acceptors (Lipinski definition) is 4. The van der Waals surface area contributed by atoms with Crippen molar-refractivity contribution >= 4 is 5.69 Å². The number of ether oxygens (including phenoxy) is 1. The maximum atomic E-state index is 9.37. The Kier molecular flexibility index (Phi) is 4.89. The summed E-state index contributed by atoms with van der Waals surface area (Å²) >= 11 is 0. The molecule has 0 spiro atoms. The summed E-state index contributed by atoms with van der Waals surface area (Å²) < 4.78 is 5.44. The summed E-state index contributed by atoms with van der Waals surface area (Å²) in [6.45, 7) is 9.47. The molecule has 0 unspecified atom stereocenters. The molecule has 1 aromatic carbocycles. The van der Waals surface area contributed by atoms with E-state index >= 15 is 0 Å². The first-order chi connectivity index (χ1) is 9.55. The zero-order valence-electron chi connectivity index (χ0n) is 12.8. The quantitative estimate of drug-likeness (QED) is 0.891. The van der Waals surface area contributed by atoms with Crippen molar-refractivity contribution in [2.24, 2.45) is 5.41 Å². The highest BCUT2D eigenvalue weighted by molar-refractivity contribution is 5.58. The molecule has 20 heavy (non-hydrogen) atoms. The van der Waals surface area contributed by atoms with Crippen LogP contribution in [0.3, 0.4) is 0 Å². The maximum absolute atomic E-state index is 9.37. The molecule has 0 aliphatic carbocycles. The minimum atomic E-state index is -0.0212. The van der Waals surface area contributed by atoms with Crippen molar-refractivity contribution < 1.29 is 9.84 Å². The van der Waals surface area contributed by atoms with Gasteiger partial charge in [-0.15, -0.1) is 0 Å². The van der Waals surface area contributed by atoms with E-state index in [9.17, 15) is 5.11 Å². The van der Waals surface area contributed by atoms with Gasteiger partial charge in [-0.2, -0.15) is 0 Å². The van der Waals surface area contributed by atoms with Gasteiger partial charge in [0.25, 0.3) is 0 Å². The van der Waals surface area contributed by atoms with Crippen molar-refractivity contribution in [1.29, 1.82) is 0 Å². The van der Waals surface area contributed by atoms with Gasteiger partial charge in [-0.05, 0) is 12.1 Å². The molecular formula is C16H26N2O2. The fourth-order valence-corrected chi connectivity index (χ4v) is 2.69. The lowest BCUT2D eigenvalue weighted by atomic mass is 9.94. The van der Waals surface area contributed by atoms with Gasteiger partial charge >= 0.3 is 0 Å². The molecule has 1 heterocycles. The highest BCUT2D eigenvalue weighted by Gasteiger charge is 2.25. The molecule has 112 valence electrons. The average Bonchev–Trinajstić information content (AvgIpc) is 2.48. The highest BCUT2D eigenvalue weighted by Crippen LogP contribution is 2.28. The third kappa shape index (κ3) is 3.64. The SMILES string of the molecule is COc1ccccc1N1CCN(CC(C)(C)CO)CC1. The molecule has 0 bridgehead atoms. The second-order valence-electron chi connectivity index (χ2n) is 6.26. The lowest BCUT2D eigenvalue weighted by Crippen LogP contribution is -2.49. The van der Waals surface area contributed by atoms with Crippen molar-refractivity contribution in [1.82, 2.24) is 4.90 Å². The van der Waals surface area contributed by atoms with Crippen molar-refractivity contribution in [2.45, 2.75) is 13.8 Å². The van der Waals surface area contributed by atoms with E-state index in [1.165, 1.54) is 5.69 Å². The Morgan fingerprint density at radius 3 is 2.40 bits per heavy atom. The van der Waals surface area contributed by atoms with Crippen LogP contribution in [0.25, 0.3) is 0 Å². The van der Waals surface area contributed by atoms with Gasteiger partial charge in [0.05, 0.1) is 12.8 Å². The Labute approximate surface area is 122 Å². The molecule has 4 nitrogen and oxygen atoms in total. The van der Waals surface area contributed by atoms with Crippen LogP contribution in [0.15, 0.2) is 24.3 Å². The van der Waals surface area contributed by atoms with E-state index < -0.39 is 0 Å². The van der Waals surface area contributed by atoms with Crippen LogP contribution in [-0.2, 0) is 0 Å². The number of anilines is 1. The van der Waals surface area contributed by atoms with E-state index in [1.807, 2.05) is 12.1 Å². The zero-order chi connectivity index (χ0) is 14.6. The summed E-state index contributed by atoms with van der Waals surface area (Å²) in [5, 5.41) is 9.37. The smallest absolute Gasteiger partial charge is 0.142 e. The van der Waals surface area contributed by atoms with Gasteiger partial charge in [-0.25, -0.2) is 0 Å². The first-order valence-corrected chi connectivity index (χ1v) is 7.27. The van der Waals surface area contributed by atoms with Crippen LogP contribution in [0, 0.1) is 5.41 Å². The van der Waals surface area contributed by atoms with E-state index in [0.717, 1.165) is 38.5 Å².